The van der Waals surface area contributed by atoms with E-state index in [0.717, 1.165) is 22.2 Å². The summed E-state index contributed by atoms with van der Waals surface area (Å²) in [5.41, 5.74) is 2.72. The van der Waals surface area contributed by atoms with Gasteiger partial charge in [0.05, 0.1) is 18.2 Å². The first kappa shape index (κ1) is 11.4. The minimum atomic E-state index is -0.947. The highest BCUT2D eigenvalue weighted by Crippen LogP contribution is 2.28. The number of aromatic carboxylic acids is 1. The van der Waals surface area contributed by atoms with Gasteiger partial charge in [0.2, 0.25) is 0 Å². The summed E-state index contributed by atoms with van der Waals surface area (Å²) < 4.78 is 5.27. The predicted molar refractivity (Wildman–Crippen MR) is 64.7 cm³/mol. The molecule has 0 saturated heterocycles. The molecular formula is C13H13NO3. The van der Waals surface area contributed by atoms with Crippen molar-refractivity contribution in [2.24, 2.45) is 0 Å². The number of fused-ring (bicyclic) bond motifs is 1. The highest BCUT2D eigenvalue weighted by atomic mass is 16.5. The van der Waals surface area contributed by atoms with Gasteiger partial charge in [0, 0.05) is 17.1 Å². The molecule has 0 aliphatic carbocycles. The third-order valence-electron chi connectivity index (χ3n) is 2.66. The van der Waals surface area contributed by atoms with Crippen LogP contribution in [0, 0.1) is 13.8 Å². The summed E-state index contributed by atoms with van der Waals surface area (Å²) in [6, 6.07) is 5.01. The van der Waals surface area contributed by atoms with Crippen LogP contribution in [-0.2, 0) is 0 Å². The molecule has 1 N–H and O–H groups in total. The predicted octanol–water partition coefficient (Wildman–Crippen LogP) is 2.56. The lowest BCUT2D eigenvalue weighted by Crippen LogP contribution is -1.99. The third kappa shape index (κ3) is 1.93. The quantitative estimate of drug-likeness (QED) is 0.862. The van der Waals surface area contributed by atoms with Crippen LogP contribution in [0.15, 0.2) is 18.2 Å². The monoisotopic (exact) mass is 231 g/mol. The molecule has 0 bridgehead atoms. The van der Waals surface area contributed by atoms with Crippen molar-refractivity contribution in [2.45, 2.75) is 13.8 Å². The van der Waals surface area contributed by atoms with Gasteiger partial charge in [0.15, 0.2) is 0 Å². The molecule has 1 heterocycles. The minimum Gasteiger partial charge on any atom is -0.496 e. The van der Waals surface area contributed by atoms with Gasteiger partial charge in [0.1, 0.15) is 5.75 Å². The first-order valence-corrected chi connectivity index (χ1v) is 5.22. The number of aromatic nitrogens is 1. The molecule has 4 heteroatoms. The summed E-state index contributed by atoms with van der Waals surface area (Å²) in [5.74, 6) is -0.295. The number of hydrogen-bond donors (Lipinski definition) is 1. The normalized spacial score (nSPS) is 10.5. The summed E-state index contributed by atoms with van der Waals surface area (Å²) in [4.78, 5) is 15.4. The maximum atomic E-state index is 11.0. The SMILES string of the molecule is COc1cc(C)nc2c(C)cc(C(=O)O)cc12. The second kappa shape index (κ2) is 4.05. The van der Waals surface area contributed by atoms with Gasteiger partial charge in [-0.25, -0.2) is 4.79 Å². The number of hydrogen-bond acceptors (Lipinski definition) is 3. The second-order valence-electron chi connectivity index (χ2n) is 3.96. The van der Waals surface area contributed by atoms with E-state index in [4.69, 9.17) is 9.84 Å². The van der Waals surface area contributed by atoms with Crippen LogP contribution < -0.4 is 4.74 Å². The molecule has 17 heavy (non-hydrogen) atoms. The van der Waals surface area contributed by atoms with Crippen molar-refractivity contribution in [2.75, 3.05) is 7.11 Å². The molecular weight excluding hydrogens is 218 g/mol. The van der Waals surface area contributed by atoms with E-state index < -0.39 is 5.97 Å². The standard InChI is InChI=1S/C13H13NO3/c1-7-4-9(13(15)16)6-10-11(17-3)5-8(2)14-12(7)10/h4-6H,1-3H3,(H,15,16). The van der Waals surface area contributed by atoms with Crippen LogP contribution in [0.4, 0.5) is 0 Å². The fourth-order valence-electron chi connectivity index (χ4n) is 1.88. The van der Waals surface area contributed by atoms with E-state index in [0.29, 0.717) is 5.75 Å². The van der Waals surface area contributed by atoms with Crippen LogP contribution in [0.1, 0.15) is 21.6 Å². The van der Waals surface area contributed by atoms with E-state index in [2.05, 4.69) is 4.98 Å². The first-order chi connectivity index (χ1) is 8.02. The number of methoxy groups -OCH3 is 1. The Balaban J connectivity index is 2.86. The molecule has 0 spiro atoms. The van der Waals surface area contributed by atoms with Crippen LogP contribution >= 0.6 is 0 Å². The van der Waals surface area contributed by atoms with Gasteiger partial charge in [0.25, 0.3) is 0 Å². The molecule has 4 nitrogen and oxygen atoms in total. The zero-order valence-electron chi connectivity index (χ0n) is 9.94. The van der Waals surface area contributed by atoms with Gasteiger partial charge >= 0.3 is 5.97 Å². The van der Waals surface area contributed by atoms with E-state index in [1.165, 1.54) is 0 Å². The average molecular weight is 231 g/mol. The van der Waals surface area contributed by atoms with Crippen LogP contribution in [0.5, 0.6) is 5.75 Å². The van der Waals surface area contributed by atoms with E-state index >= 15 is 0 Å². The molecule has 0 aliphatic heterocycles. The van der Waals surface area contributed by atoms with Gasteiger partial charge in [-0.15, -0.1) is 0 Å². The topological polar surface area (TPSA) is 59.4 Å². The summed E-state index contributed by atoms with van der Waals surface area (Å²) >= 11 is 0. The van der Waals surface area contributed by atoms with E-state index in [9.17, 15) is 4.79 Å². The number of aryl methyl sites for hydroxylation is 2. The Morgan fingerprint density at radius 1 is 1.29 bits per heavy atom. The molecule has 0 radical (unpaired) electrons. The lowest BCUT2D eigenvalue weighted by atomic mass is 10.0. The molecule has 0 aliphatic rings. The molecule has 0 saturated carbocycles. The number of carboxylic acids is 1. The number of ether oxygens (including phenoxy) is 1. The lowest BCUT2D eigenvalue weighted by Gasteiger charge is -2.09. The Kier molecular flexibility index (Phi) is 2.71. The fraction of sp³-hybridized carbons (Fsp3) is 0.231. The van der Waals surface area contributed by atoms with Crippen molar-refractivity contribution >= 4 is 16.9 Å². The number of carbonyl (C=O) groups is 1. The number of nitrogens with zero attached hydrogens (tertiary/aromatic N) is 1. The van der Waals surface area contributed by atoms with Gasteiger partial charge in [-0.3, -0.25) is 4.98 Å². The number of carboxylic acid groups (broad SMARTS) is 1. The zero-order valence-corrected chi connectivity index (χ0v) is 9.94. The van der Waals surface area contributed by atoms with Crippen LogP contribution in [0.25, 0.3) is 10.9 Å². The maximum Gasteiger partial charge on any atom is 0.335 e. The second-order valence-corrected chi connectivity index (χ2v) is 3.96. The highest BCUT2D eigenvalue weighted by Gasteiger charge is 2.11. The van der Waals surface area contributed by atoms with Crippen molar-refractivity contribution in [1.82, 2.24) is 4.98 Å². The molecule has 2 rings (SSSR count). The molecule has 1 aromatic heterocycles. The van der Waals surface area contributed by atoms with Crippen LogP contribution in [0.3, 0.4) is 0 Å². The summed E-state index contributed by atoms with van der Waals surface area (Å²) in [6.07, 6.45) is 0. The molecule has 0 amide bonds. The van der Waals surface area contributed by atoms with Gasteiger partial charge < -0.3 is 9.84 Å². The summed E-state index contributed by atoms with van der Waals surface area (Å²) in [7, 11) is 1.57. The summed E-state index contributed by atoms with van der Waals surface area (Å²) in [5, 5.41) is 9.76. The highest BCUT2D eigenvalue weighted by molar-refractivity contribution is 5.97. The van der Waals surface area contributed by atoms with Crippen LogP contribution in [-0.4, -0.2) is 23.2 Å². The Labute approximate surface area is 98.9 Å². The van der Waals surface area contributed by atoms with E-state index in [1.54, 1.807) is 25.3 Å². The number of benzene rings is 1. The third-order valence-corrected chi connectivity index (χ3v) is 2.66. The van der Waals surface area contributed by atoms with Crippen molar-refractivity contribution in [3.05, 3.63) is 35.0 Å². The van der Waals surface area contributed by atoms with E-state index in [1.807, 2.05) is 13.8 Å². The first-order valence-electron chi connectivity index (χ1n) is 5.22. The Morgan fingerprint density at radius 3 is 2.59 bits per heavy atom. The van der Waals surface area contributed by atoms with E-state index in [-0.39, 0.29) is 5.56 Å². The molecule has 0 unspecified atom stereocenters. The molecule has 0 fully saturated rings. The molecule has 2 aromatic rings. The number of pyridine rings is 1. The van der Waals surface area contributed by atoms with Crippen LogP contribution in [0.2, 0.25) is 0 Å². The van der Waals surface area contributed by atoms with Crippen molar-refractivity contribution < 1.29 is 14.6 Å². The zero-order chi connectivity index (χ0) is 12.6. The maximum absolute atomic E-state index is 11.0. The van der Waals surface area contributed by atoms with Crippen molar-refractivity contribution in [3.8, 4) is 5.75 Å². The van der Waals surface area contributed by atoms with Gasteiger partial charge in [-0.05, 0) is 31.5 Å². The van der Waals surface area contributed by atoms with Gasteiger partial charge in [-0.2, -0.15) is 0 Å². The molecule has 1 aromatic carbocycles. The molecule has 88 valence electrons. The fourth-order valence-corrected chi connectivity index (χ4v) is 1.88. The van der Waals surface area contributed by atoms with Crippen molar-refractivity contribution in [3.63, 3.8) is 0 Å². The molecule has 0 atom stereocenters. The minimum absolute atomic E-state index is 0.249. The Hall–Kier alpha value is -2.10. The van der Waals surface area contributed by atoms with Crippen molar-refractivity contribution in [1.29, 1.82) is 0 Å². The lowest BCUT2D eigenvalue weighted by molar-refractivity contribution is 0.0697. The largest absolute Gasteiger partial charge is 0.496 e. The Bertz CT molecular complexity index is 605. The average Bonchev–Trinajstić information content (AvgIpc) is 2.28. The summed E-state index contributed by atoms with van der Waals surface area (Å²) in [6.45, 7) is 3.73. The number of rotatable bonds is 2. The van der Waals surface area contributed by atoms with Gasteiger partial charge in [-0.1, -0.05) is 0 Å². The Morgan fingerprint density at radius 2 is 2.00 bits per heavy atom. The smallest absolute Gasteiger partial charge is 0.335 e.